The number of amides is 2. The van der Waals surface area contributed by atoms with E-state index in [9.17, 15) is 18.4 Å². The smallest absolute Gasteiger partial charge is 0.248 e. The van der Waals surface area contributed by atoms with Crippen molar-refractivity contribution in [2.45, 2.75) is 6.92 Å². The molecule has 1 aromatic carbocycles. The third kappa shape index (κ3) is 4.23. The van der Waals surface area contributed by atoms with Gasteiger partial charge >= 0.3 is 0 Å². The van der Waals surface area contributed by atoms with Crippen molar-refractivity contribution in [2.75, 3.05) is 10.6 Å². The first-order valence-corrected chi connectivity index (χ1v) is 7.18. The number of nitrogens with one attached hydrogen (secondary N) is 2. The van der Waals surface area contributed by atoms with E-state index in [1.165, 1.54) is 24.3 Å². The topological polar surface area (TPSA) is 58.2 Å². The average molecular weight is 322 g/mol. The minimum Gasteiger partial charge on any atom is -0.324 e. The molecule has 0 bridgehead atoms. The molecule has 2 aromatic rings. The van der Waals surface area contributed by atoms with Gasteiger partial charge in [-0.3, -0.25) is 9.59 Å². The zero-order chi connectivity index (χ0) is 16.1. The Hall–Kier alpha value is -2.54. The Labute approximate surface area is 129 Å². The molecule has 0 aliphatic heterocycles. The molecule has 4 nitrogen and oxygen atoms in total. The minimum absolute atomic E-state index is 0.0105. The summed E-state index contributed by atoms with van der Waals surface area (Å²) < 4.78 is 26.5. The standard InChI is InChI=1S/C15H12F2N2O2S/c1-9(20)18-13-6-11(16)12(17)7-14(13)19-15(21)3-2-10-4-5-22-8-10/h2-8H,1H3,(H,18,20)(H,19,21). The first-order valence-electron chi connectivity index (χ1n) is 6.23. The Morgan fingerprint density at radius 2 is 1.77 bits per heavy atom. The Morgan fingerprint density at radius 3 is 2.32 bits per heavy atom. The fourth-order valence-corrected chi connectivity index (χ4v) is 2.29. The molecule has 0 atom stereocenters. The second-order valence-corrected chi connectivity index (χ2v) is 5.15. The van der Waals surface area contributed by atoms with Crippen molar-refractivity contribution in [3.05, 3.63) is 52.2 Å². The highest BCUT2D eigenvalue weighted by Crippen LogP contribution is 2.25. The van der Waals surface area contributed by atoms with Crippen LogP contribution in [0.2, 0.25) is 0 Å². The zero-order valence-corrected chi connectivity index (χ0v) is 12.3. The van der Waals surface area contributed by atoms with E-state index in [1.807, 2.05) is 16.8 Å². The van der Waals surface area contributed by atoms with Crippen LogP contribution in [0, 0.1) is 11.6 Å². The molecular weight excluding hydrogens is 310 g/mol. The Bertz CT molecular complexity index is 727. The van der Waals surface area contributed by atoms with Crippen molar-refractivity contribution < 1.29 is 18.4 Å². The molecule has 0 spiro atoms. The molecule has 1 aromatic heterocycles. The molecule has 0 saturated carbocycles. The predicted octanol–water partition coefficient (Wildman–Crippen LogP) is 3.64. The second kappa shape index (κ2) is 6.95. The maximum Gasteiger partial charge on any atom is 0.248 e. The molecule has 0 radical (unpaired) electrons. The van der Waals surface area contributed by atoms with E-state index in [0.29, 0.717) is 0 Å². The first kappa shape index (κ1) is 15.8. The van der Waals surface area contributed by atoms with Crippen molar-refractivity contribution in [1.82, 2.24) is 0 Å². The number of carbonyl (C=O) groups excluding carboxylic acids is 2. The van der Waals surface area contributed by atoms with Gasteiger partial charge in [-0.25, -0.2) is 8.78 Å². The summed E-state index contributed by atoms with van der Waals surface area (Å²) in [6.45, 7) is 1.23. The van der Waals surface area contributed by atoms with Crippen LogP contribution in [0.5, 0.6) is 0 Å². The largest absolute Gasteiger partial charge is 0.324 e. The number of hydrogen-bond donors (Lipinski definition) is 2. The lowest BCUT2D eigenvalue weighted by Gasteiger charge is -2.11. The third-order valence-electron chi connectivity index (χ3n) is 2.60. The normalized spacial score (nSPS) is 10.7. The highest BCUT2D eigenvalue weighted by Gasteiger charge is 2.12. The van der Waals surface area contributed by atoms with Crippen molar-refractivity contribution >= 4 is 40.6 Å². The number of rotatable bonds is 4. The molecule has 1 heterocycles. The molecule has 0 fully saturated rings. The number of benzene rings is 1. The molecule has 0 saturated heterocycles. The third-order valence-corrected chi connectivity index (χ3v) is 3.30. The van der Waals surface area contributed by atoms with Gasteiger partial charge in [0.2, 0.25) is 11.8 Å². The van der Waals surface area contributed by atoms with Gasteiger partial charge in [0.05, 0.1) is 11.4 Å². The summed E-state index contributed by atoms with van der Waals surface area (Å²) in [7, 11) is 0. The highest BCUT2D eigenvalue weighted by atomic mass is 32.1. The van der Waals surface area contributed by atoms with Crippen LogP contribution in [-0.2, 0) is 9.59 Å². The van der Waals surface area contributed by atoms with Crippen LogP contribution in [0.15, 0.2) is 35.0 Å². The highest BCUT2D eigenvalue weighted by molar-refractivity contribution is 7.08. The van der Waals surface area contributed by atoms with Crippen LogP contribution in [0.1, 0.15) is 12.5 Å². The van der Waals surface area contributed by atoms with Crippen LogP contribution >= 0.6 is 11.3 Å². The number of thiophene rings is 1. The van der Waals surface area contributed by atoms with Gasteiger partial charge in [-0.1, -0.05) is 0 Å². The van der Waals surface area contributed by atoms with Crippen molar-refractivity contribution in [1.29, 1.82) is 0 Å². The Kier molecular flexibility index (Phi) is 5.00. The minimum atomic E-state index is -1.12. The lowest BCUT2D eigenvalue weighted by molar-refractivity contribution is -0.114. The van der Waals surface area contributed by atoms with E-state index in [2.05, 4.69) is 10.6 Å². The van der Waals surface area contributed by atoms with Gasteiger partial charge in [0.15, 0.2) is 11.6 Å². The molecule has 2 N–H and O–H groups in total. The predicted molar refractivity (Wildman–Crippen MR) is 82.6 cm³/mol. The van der Waals surface area contributed by atoms with E-state index >= 15 is 0 Å². The monoisotopic (exact) mass is 322 g/mol. The lowest BCUT2D eigenvalue weighted by Crippen LogP contribution is -2.13. The van der Waals surface area contributed by atoms with Crippen LogP contribution in [-0.4, -0.2) is 11.8 Å². The Balaban J connectivity index is 2.18. The van der Waals surface area contributed by atoms with E-state index in [-0.39, 0.29) is 11.4 Å². The van der Waals surface area contributed by atoms with E-state index in [0.717, 1.165) is 17.7 Å². The summed E-state index contributed by atoms with van der Waals surface area (Å²) >= 11 is 1.49. The van der Waals surface area contributed by atoms with E-state index in [1.54, 1.807) is 6.08 Å². The maximum atomic E-state index is 13.3. The molecule has 22 heavy (non-hydrogen) atoms. The van der Waals surface area contributed by atoms with Crippen LogP contribution in [0.25, 0.3) is 6.08 Å². The fourth-order valence-electron chi connectivity index (χ4n) is 1.66. The van der Waals surface area contributed by atoms with Gasteiger partial charge in [-0.2, -0.15) is 11.3 Å². The quantitative estimate of drug-likeness (QED) is 0.844. The van der Waals surface area contributed by atoms with Crippen LogP contribution in [0.4, 0.5) is 20.2 Å². The second-order valence-electron chi connectivity index (χ2n) is 4.37. The van der Waals surface area contributed by atoms with Crippen LogP contribution < -0.4 is 10.6 Å². The fraction of sp³-hybridized carbons (Fsp3) is 0.0667. The van der Waals surface area contributed by atoms with Crippen molar-refractivity contribution in [3.8, 4) is 0 Å². The molecule has 0 aliphatic carbocycles. The van der Waals surface area contributed by atoms with E-state index < -0.39 is 23.4 Å². The number of hydrogen-bond acceptors (Lipinski definition) is 3. The molecule has 7 heteroatoms. The molecule has 2 amide bonds. The summed E-state index contributed by atoms with van der Waals surface area (Å²) in [4.78, 5) is 22.9. The van der Waals surface area contributed by atoms with Gasteiger partial charge in [-0.05, 0) is 28.5 Å². The first-order chi connectivity index (χ1) is 10.5. The van der Waals surface area contributed by atoms with Gasteiger partial charge < -0.3 is 10.6 Å². The zero-order valence-electron chi connectivity index (χ0n) is 11.5. The molecule has 0 unspecified atom stereocenters. The SMILES string of the molecule is CC(=O)Nc1cc(F)c(F)cc1NC(=O)C=Cc1ccsc1. The number of anilines is 2. The van der Waals surface area contributed by atoms with E-state index in [4.69, 9.17) is 0 Å². The average Bonchev–Trinajstić information content (AvgIpc) is 2.95. The van der Waals surface area contributed by atoms with Gasteiger partial charge in [0.1, 0.15) is 0 Å². The van der Waals surface area contributed by atoms with Gasteiger partial charge in [0.25, 0.3) is 0 Å². The number of halogens is 2. The summed E-state index contributed by atoms with van der Waals surface area (Å²) in [6.07, 6.45) is 2.85. The number of carbonyl (C=O) groups is 2. The lowest BCUT2D eigenvalue weighted by atomic mass is 10.2. The Morgan fingerprint density at radius 1 is 1.14 bits per heavy atom. The molecule has 114 valence electrons. The van der Waals surface area contributed by atoms with Crippen LogP contribution in [0.3, 0.4) is 0 Å². The van der Waals surface area contributed by atoms with Crippen molar-refractivity contribution in [3.63, 3.8) is 0 Å². The van der Waals surface area contributed by atoms with Gasteiger partial charge in [-0.15, -0.1) is 0 Å². The summed E-state index contributed by atoms with van der Waals surface area (Å²) in [6, 6.07) is 3.46. The molecule has 0 aliphatic rings. The van der Waals surface area contributed by atoms with Crippen molar-refractivity contribution in [2.24, 2.45) is 0 Å². The summed E-state index contributed by atoms with van der Waals surface area (Å²) in [5.41, 5.74) is 0.824. The summed E-state index contributed by atoms with van der Waals surface area (Å²) in [5, 5.41) is 8.45. The molecular formula is C15H12F2N2O2S. The molecule has 2 rings (SSSR count). The van der Waals surface area contributed by atoms with Gasteiger partial charge in [0, 0.05) is 25.1 Å². The summed E-state index contributed by atoms with van der Waals surface area (Å²) in [5.74, 6) is -3.22. The maximum absolute atomic E-state index is 13.3.